The molecular weight excluding hydrogens is 252 g/mol. The molecule has 0 amide bonds. The molecule has 0 saturated carbocycles. The van der Waals surface area contributed by atoms with Crippen LogP contribution in [0.1, 0.15) is 25.7 Å². The molecule has 0 heterocycles. The van der Waals surface area contributed by atoms with Crippen molar-refractivity contribution in [1.29, 1.82) is 0 Å². The van der Waals surface area contributed by atoms with Crippen LogP contribution in [0.3, 0.4) is 0 Å². The van der Waals surface area contributed by atoms with E-state index in [0.717, 1.165) is 34.8 Å². The lowest BCUT2D eigenvalue weighted by molar-refractivity contribution is -0.113. The Morgan fingerprint density at radius 2 is 2.12 bits per heavy atom. The van der Waals surface area contributed by atoms with Crippen molar-refractivity contribution in [2.24, 2.45) is 0 Å². The minimum Gasteiger partial charge on any atom is -0.294 e. The van der Waals surface area contributed by atoms with E-state index in [-0.39, 0.29) is 5.78 Å². The highest BCUT2D eigenvalue weighted by molar-refractivity contribution is 8.00. The Bertz CT molecular complexity index is 440. The number of thioether (sulfide) groups is 1. The minimum absolute atomic E-state index is 0.259. The van der Waals surface area contributed by atoms with Gasteiger partial charge in [0.05, 0.1) is 10.8 Å². The topological polar surface area (TPSA) is 17.1 Å². The Balaban J connectivity index is 1.92. The number of rotatable bonds is 4. The lowest BCUT2D eigenvalue weighted by Gasteiger charge is -2.11. The number of ketones is 1. The second kappa shape index (κ2) is 6.27. The van der Waals surface area contributed by atoms with Crippen LogP contribution in [-0.4, -0.2) is 11.5 Å². The summed E-state index contributed by atoms with van der Waals surface area (Å²) in [6, 6.07) is 7.65. The summed E-state index contributed by atoms with van der Waals surface area (Å²) in [6.45, 7) is 0. The van der Waals surface area contributed by atoms with Gasteiger partial charge < -0.3 is 0 Å². The maximum Gasteiger partial charge on any atom is 0.168 e. The van der Waals surface area contributed by atoms with Crippen molar-refractivity contribution in [3.8, 4) is 0 Å². The van der Waals surface area contributed by atoms with E-state index >= 15 is 0 Å². The molecule has 90 valence electrons. The average molecular weight is 267 g/mol. The average Bonchev–Trinajstić information content (AvgIpc) is 2.38. The molecule has 0 aromatic heterocycles. The van der Waals surface area contributed by atoms with E-state index in [1.807, 2.05) is 24.3 Å². The number of carbonyl (C=O) groups excluding carboxylic acids is 1. The van der Waals surface area contributed by atoms with Gasteiger partial charge >= 0.3 is 0 Å². The molecule has 1 nitrogen and oxygen atoms in total. The molecule has 0 spiro atoms. The van der Waals surface area contributed by atoms with E-state index in [2.05, 4.69) is 6.08 Å². The summed E-state index contributed by atoms with van der Waals surface area (Å²) < 4.78 is 0. The predicted molar refractivity (Wildman–Crippen MR) is 73.7 cm³/mol. The number of Topliss-reactive ketones (excluding diaryl/α,β-unsaturated/α-hetero) is 1. The first-order valence-corrected chi connectivity index (χ1v) is 7.23. The van der Waals surface area contributed by atoms with Gasteiger partial charge in [-0.05, 0) is 43.4 Å². The van der Waals surface area contributed by atoms with E-state index in [0.29, 0.717) is 5.75 Å². The molecule has 2 rings (SSSR count). The van der Waals surface area contributed by atoms with Gasteiger partial charge in [0.1, 0.15) is 0 Å². The first kappa shape index (κ1) is 12.7. The number of hydrogen-bond acceptors (Lipinski definition) is 2. The minimum atomic E-state index is 0.259. The molecule has 0 atom stereocenters. The van der Waals surface area contributed by atoms with Gasteiger partial charge in [-0.1, -0.05) is 29.8 Å². The molecule has 1 aliphatic carbocycles. The highest BCUT2D eigenvalue weighted by Crippen LogP contribution is 2.28. The number of hydrogen-bond donors (Lipinski definition) is 0. The van der Waals surface area contributed by atoms with E-state index in [9.17, 15) is 4.79 Å². The third-order valence-corrected chi connectivity index (χ3v) is 4.36. The van der Waals surface area contributed by atoms with Crippen LogP contribution in [-0.2, 0) is 4.79 Å². The van der Waals surface area contributed by atoms with Crippen molar-refractivity contribution >= 4 is 29.1 Å². The second-order valence-electron chi connectivity index (χ2n) is 4.12. The zero-order valence-corrected chi connectivity index (χ0v) is 11.2. The number of allylic oxidation sites excluding steroid dienone is 2. The quantitative estimate of drug-likeness (QED) is 0.747. The summed E-state index contributed by atoms with van der Waals surface area (Å²) in [7, 11) is 0. The summed E-state index contributed by atoms with van der Waals surface area (Å²) in [6.07, 6.45) is 6.46. The van der Waals surface area contributed by atoms with Crippen molar-refractivity contribution in [2.45, 2.75) is 30.6 Å². The highest BCUT2D eigenvalue weighted by atomic mass is 35.5. The van der Waals surface area contributed by atoms with Gasteiger partial charge in [-0.25, -0.2) is 0 Å². The van der Waals surface area contributed by atoms with Crippen LogP contribution in [0.4, 0.5) is 0 Å². The fourth-order valence-corrected chi connectivity index (χ4v) is 3.04. The summed E-state index contributed by atoms with van der Waals surface area (Å²) in [4.78, 5) is 12.9. The Hall–Kier alpha value is -0.730. The van der Waals surface area contributed by atoms with Crippen LogP contribution in [0.15, 0.2) is 40.8 Å². The van der Waals surface area contributed by atoms with Gasteiger partial charge in [-0.15, -0.1) is 11.8 Å². The van der Waals surface area contributed by atoms with Crippen LogP contribution >= 0.6 is 23.4 Å². The van der Waals surface area contributed by atoms with Crippen molar-refractivity contribution < 1.29 is 4.79 Å². The normalized spacial score (nSPS) is 15.5. The van der Waals surface area contributed by atoms with Gasteiger partial charge in [0.2, 0.25) is 0 Å². The summed E-state index contributed by atoms with van der Waals surface area (Å²) in [5, 5.41) is 0.725. The van der Waals surface area contributed by atoms with Crippen molar-refractivity contribution in [3.05, 3.63) is 40.9 Å². The summed E-state index contributed by atoms with van der Waals surface area (Å²) >= 11 is 7.57. The van der Waals surface area contributed by atoms with Crippen molar-refractivity contribution in [3.63, 3.8) is 0 Å². The lowest BCUT2D eigenvalue weighted by atomic mass is 9.97. The third-order valence-electron chi connectivity index (χ3n) is 2.84. The van der Waals surface area contributed by atoms with E-state index < -0.39 is 0 Å². The van der Waals surface area contributed by atoms with Crippen molar-refractivity contribution in [1.82, 2.24) is 0 Å². The van der Waals surface area contributed by atoms with Gasteiger partial charge in [0.25, 0.3) is 0 Å². The van der Waals surface area contributed by atoms with Crippen LogP contribution < -0.4 is 0 Å². The highest BCUT2D eigenvalue weighted by Gasteiger charge is 2.13. The lowest BCUT2D eigenvalue weighted by Crippen LogP contribution is -2.08. The Morgan fingerprint density at radius 1 is 1.29 bits per heavy atom. The van der Waals surface area contributed by atoms with E-state index in [1.54, 1.807) is 0 Å². The molecule has 1 aromatic carbocycles. The number of halogens is 1. The molecule has 0 saturated heterocycles. The Kier molecular flexibility index (Phi) is 4.69. The predicted octanol–water partition coefficient (Wildman–Crippen LogP) is 4.50. The molecule has 0 aliphatic heterocycles. The fourth-order valence-electron chi connectivity index (χ4n) is 1.89. The van der Waals surface area contributed by atoms with Gasteiger partial charge in [0, 0.05) is 4.90 Å². The first-order valence-electron chi connectivity index (χ1n) is 5.87. The molecule has 0 unspecified atom stereocenters. The second-order valence-corrected chi connectivity index (χ2v) is 5.54. The SMILES string of the molecule is O=C(CSc1ccccc1Cl)C1=CCCCC1. The number of carbonyl (C=O) groups is 1. The smallest absolute Gasteiger partial charge is 0.168 e. The maximum atomic E-state index is 12.0. The molecule has 17 heavy (non-hydrogen) atoms. The van der Waals surface area contributed by atoms with E-state index in [4.69, 9.17) is 11.6 Å². The maximum absolute atomic E-state index is 12.0. The molecule has 0 N–H and O–H groups in total. The van der Waals surface area contributed by atoms with Crippen LogP contribution in [0.5, 0.6) is 0 Å². The van der Waals surface area contributed by atoms with Gasteiger partial charge in [-0.3, -0.25) is 4.79 Å². The molecule has 1 aliphatic rings. The van der Waals surface area contributed by atoms with Gasteiger partial charge in [-0.2, -0.15) is 0 Å². The zero-order valence-electron chi connectivity index (χ0n) is 9.62. The monoisotopic (exact) mass is 266 g/mol. The Morgan fingerprint density at radius 3 is 2.82 bits per heavy atom. The summed E-state index contributed by atoms with van der Waals surface area (Å²) in [5.74, 6) is 0.755. The standard InChI is InChI=1S/C14H15ClOS/c15-12-8-4-5-9-14(12)17-10-13(16)11-6-2-1-3-7-11/h4-6,8-9H,1-3,7,10H2. The Labute approximate surface area is 111 Å². The fraction of sp³-hybridized carbons (Fsp3) is 0.357. The van der Waals surface area contributed by atoms with Gasteiger partial charge in [0.15, 0.2) is 5.78 Å². The van der Waals surface area contributed by atoms with Crippen LogP contribution in [0.25, 0.3) is 0 Å². The molecule has 1 aromatic rings. The summed E-state index contributed by atoms with van der Waals surface area (Å²) in [5.41, 5.74) is 1.01. The molecule has 0 fully saturated rings. The largest absolute Gasteiger partial charge is 0.294 e. The van der Waals surface area contributed by atoms with Crippen LogP contribution in [0, 0.1) is 0 Å². The van der Waals surface area contributed by atoms with E-state index in [1.165, 1.54) is 18.2 Å². The third kappa shape index (κ3) is 3.62. The van der Waals surface area contributed by atoms with Crippen molar-refractivity contribution in [2.75, 3.05) is 5.75 Å². The number of benzene rings is 1. The molecule has 0 bridgehead atoms. The van der Waals surface area contributed by atoms with Crippen LogP contribution in [0.2, 0.25) is 5.02 Å². The molecule has 0 radical (unpaired) electrons. The first-order chi connectivity index (χ1) is 8.27. The molecular formula is C14H15ClOS. The zero-order chi connectivity index (χ0) is 12.1. The molecule has 3 heteroatoms.